The van der Waals surface area contributed by atoms with Gasteiger partial charge < -0.3 is 10.2 Å². The molecule has 0 radical (unpaired) electrons. The molecule has 7 nitrogen and oxygen atoms in total. The first-order valence-corrected chi connectivity index (χ1v) is 7.45. The average molecular weight is 286 g/mol. The van der Waals surface area contributed by atoms with Crippen molar-refractivity contribution in [1.82, 2.24) is 9.29 Å². The number of hydrogen-bond acceptors (Lipinski definition) is 6. The Bertz CT molecular complexity index is 531. The lowest BCUT2D eigenvalue weighted by molar-refractivity contribution is -0.0170. The van der Waals surface area contributed by atoms with Crippen LogP contribution in [0.1, 0.15) is 13.8 Å². The van der Waals surface area contributed by atoms with Gasteiger partial charge in [-0.15, -0.1) is 0 Å². The highest BCUT2D eigenvalue weighted by atomic mass is 32.2. The zero-order valence-electron chi connectivity index (χ0n) is 10.9. The number of morpholine rings is 1. The molecule has 3 N–H and O–H groups in total. The minimum atomic E-state index is -3.55. The van der Waals surface area contributed by atoms with Crippen LogP contribution in [0.25, 0.3) is 0 Å². The molecular weight excluding hydrogens is 268 g/mol. The number of ether oxygens (including phenoxy) is 1. The van der Waals surface area contributed by atoms with E-state index in [0.717, 1.165) is 0 Å². The van der Waals surface area contributed by atoms with Gasteiger partial charge in [-0.05, 0) is 26.0 Å². The zero-order valence-corrected chi connectivity index (χ0v) is 11.7. The van der Waals surface area contributed by atoms with Gasteiger partial charge in [0.2, 0.25) is 10.0 Å². The van der Waals surface area contributed by atoms with Crippen LogP contribution >= 0.6 is 0 Å². The van der Waals surface area contributed by atoms with Gasteiger partial charge in [0.1, 0.15) is 10.7 Å². The highest BCUT2D eigenvalue weighted by molar-refractivity contribution is 7.89. The summed E-state index contributed by atoms with van der Waals surface area (Å²) in [5.74, 6) is 5.62. The van der Waals surface area contributed by atoms with E-state index in [0.29, 0.717) is 19.0 Å². The Morgan fingerprint density at radius 3 is 2.79 bits per heavy atom. The first-order valence-electron chi connectivity index (χ1n) is 6.01. The van der Waals surface area contributed by atoms with E-state index in [4.69, 9.17) is 10.6 Å². The molecule has 106 valence electrons. The van der Waals surface area contributed by atoms with Crippen molar-refractivity contribution in [2.24, 2.45) is 5.84 Å². The van der Waals surface area contributed by atoms with Gasteiger partial charge in [-0.3, -0.25) is 0 Å². The Morgan fingerprint density at radius 2 is 2.21 bits per heavy atom. The first-order chi connectivity index (χ1) is 8.95. The summed E-state index contributed by atoms with van der Waals surface area (Å²) in [4.78, 5) is 4.09. The second-order valence-corrected chi connectivity index (χ2v) is 6.48. The maximum Gasteiger partial charge on any atom is 0.245 e. The molecule has 0 aliphatic carbocycles. The molecule has 2 heterocycles. The number of nitrogens with two attached hydrogens (primary N) is 1. The Labute approximate surface area is 112 Å². The monoisotopic (exact) mass is 286 g/mol. The van der Waals surface area contributed by atoms with Crippen LogP contribution in [0.2, 0.25) is 0 Å². The third-order valence-corrected chi connectivity index (χ3v) is 5.01. The molecule has 0 amide bonds. The molecule has 1 aliphatic heterocycles. The molecule has 8 heteroatoms. The molecular formula is C11H18N4O3S. The second kappa shape index (κ2) is 5.41. The predicted octanol–water partition coefficient (Wildman–Crippen LogP) is 0.165. The lowest BCUT2D eigenvalue weighted by Crippen LogP contribution is -2.50. The number of pyridine rings is 1. The van der Waals surface area contributed by atoms with Crippen molar-refractivity contribution in [3.05, 3.63) is 18.3 Å². The van der Waals surface area contributed by atoms with Crippen LogP contribution in [0, 0.1) is 0 Å². The topological polar surface area (TPSA) is 97.6 Å². The van der Waals surface area contributed by atoms with E-state index in [-0.39, 0.29) is 17.0 Å². The van der Waals surface area contributed by atoms with Crippen molar-refractivity contribution >= 4 is 15.8 Å². The standard InChI is InChI=1S/C11H18N4O3S/c1-8-7-18-9(2)6-15(8)19(16,17)10-3-4-11(14-12)13-5-10/h3-5,8-9H,6-7,12H2,1-2H3,(H,13,14). The van der Waals surface area contributed by atoms with Gasteiger partial charge in [-0.1, -0.05) is 0 Å². The molecule has 1 saturated heterocycles. The number of nitrogens with one attached hydrogen (secondary N) is 1. The van der Waals surface area contributed by atoms with E-state index < -0.39 is 10.0 Å². The Morgan fingerprint density at radius 1 is 1.47 bits per heavy atom. The van der Waals surface area contributed by atoms with Gasteiger partial charge in [0.25, 0.3) is 0 Å². The van der Waals surface area contributed by atoms with Crippen molar-refractivity contribution < 1.29 is 13.2 Å². The molecule has 1 aliphatic rings. The number of aromatic nitrogens is 1. The van der Waals surface area contributed by atoms with Gasteiger partial charge in [0.05, 0.1) is 12.7 Å². The number of sulfonamides is 1. The van der Waals surface area contributed by atoms with Crippen LogP contribution in [0.15, 0.2) is 23.2 Å². The molecule has 0 spiro atoms. The maximum absolute atomic E-state index is 12.5. The van der Waals surface area contributed by atoms with Crippen LogP contribution in [0.3, 0.4) is 0 Å². The molecule has 0 aromatic carbocycles. The lowest BCUT2D eigenvalue weighted by Gasteiger charge is -2.35. The molecule has 1 aromatic rings. The highest BCUT2D eigenvalue weighted by Gasteiger charge is 2.34. The largest absolute Gasteiger partial charge is 0.375 e. The van der Waals surface area contributed by atoms with Crippen LogP contribution < -0.4 is 11.3 Å². The quantitative estimate of drug-likeness (QED) is 0.607. The highest BCUT2D eigenvalue weighted by Crippen LogP contribution is 2.22. The van der Waals surface area contributed by atoms with E-state index in [9.17, 15) is 8.42 Å². The molecule has 19 heavy (non-hydrogen) atoms. The summed E-state index contributed by atoms with van der Waals surface area (Å²) >= 11 is 0. The van der Waals surface area contributed by atoms with Gasteiger partial charge in [0, 0.05) is 18.8 Å². The zero-order chi connectivity index (χ0) is 14.0. The summed E-state index contributed by atoms with van der Waals surface area (Å²) in [5.41, 5.74) is 2.36. The van der Waals surface area contributed by atoms with E-state index in [1.807, 2.05) is 13.8 Å². The molecule has 2 atom stereocenters. The summed E-state index contributed by atoms with van der Waals surface area (Å²) in [5, 5.41) is 0. The first kappa shape index (κ1) is 14.2. The molecule has 0 bridgehead atoms. The van der Waals surface area contributed by atoms with E-state index in [1.54, 1.807) is 0 Å². The summed E-state index contributed by atoms with van der Waals surface area (Å²) in [7, 11) is -3.55. The summed E-state index contributed by atoms with van der Waals surface area (Å²) in [6.45, 7) is 4.43. The summed E-state index contributed by atoms with van der Waals surface area (Å²) in [6.07, 6.45) is 1.20. The SMILES string of the molecule is CC1CN(S(=O)(=O)c2ccc(NN)nc2)C(C)CO1. The van der Waals surface area contributed by atoms with Crippen molar-refractivity contribution in [3.63, 3.8) is 0 Å². The van der Waals surface area contributed by atoms with Crippen molar-refractivity contribution in [2.45, 2.75) is 30.9 Å². The van der Waals surface area contributed by atoms with Gasteiger partial charge in [-0.25, -0.2) is 19.2 Å². The lowest BCUT2D eigenvalue weighted by atomic mass is 10.2. The third-order valence-electron chi connectivity index (χ3n) is 3.04. The Kier molecular flexibility index (Phi) is 4.04. The number of hydrogen-bond donors (Lipinski definition) is 2. The Hall–Kier alpha value is -1.22. The minimum absolute atomic E-state index is 0.107. The maximum atomic E-state index is 12.5. The normalized spacial score (nSPS) is 25.2. The second-order valence-electron chi connectivity index (χ2n) is 4.59. The van der Waals surface area contributed by atoms with Gasteiger partial charge >= 0.3 is 0 Å². The van der Waals surface area contributed by atoms with Crippen LogP contribution in [-0.2, 0) is 14.8 Å². The van der Waals surface area contributed by atoms with Crippen molar-refractivity contribution in [3.8, 4) is 0 Å². The fourth-order valence-electron chi connectivity index (χ4n) is 1.96. The number of nitrogens with zero attached hydrogens (tertiary/aromatic N) is 2. The molecule has 1 aromatic heterocycles. The summed E-state index contributed by atoms with van der Waals surface area (Å²) < 4.78 is 31.9. The predicted molar refractivity (Wildman–Crippen MR) is 70.8 cm³/mol. The van der Waals surface area contributed by atoms with E-state index in [2.05, 4.69) is 10.4 Å². The number of anilines is 1. The summed E-state index contributed by atoms with van der Waals surface area (Å²) in [6, 6.07) is 2.83. The van der Waals surface area contributed by atoms with Crippen molar-refractivity contribution in [2.75, 3.05) is 18.6 Å². The fourth-order valence-corrected chi connectivity index (χ4v) is 3.60. The van der Waals surface area contributed by atoms with Crippen LogP contribution in [0.4, 0.5) is 5.82 Å². The molecule has 2 rings (SSSR count). The Balaban J connectivity index is 2.29. The fraction of sp³-hybridized carbons (Fsp3) is 0.545. The number of rotatable bonds is 3. The molecule has 0 saturated carbocycles. The minimum Gasteiger partial charge on any atom is -0.375 e. The number of nitrogen functional groups attached to an aromatic ring is 1. The molecule has 1 fully saturated rings. The molecule has 2 unspecified atom stereocenters. The van der Waals surface area contributed by atoms with Crippen LogP contribution in [-0.4, -0.2) is 43.0 Å². The smallest absolute Gasteiger partial charge is 0.245 e. The van der Waals surface area contributed by atoms with Crippen molar-refractivity contribution in [1.29, 1.82) is 0 Å². The van der Waals surface area contributed by atoms with Gasteiger partial charge in [-0.2, -0.15) is 4.31 Å². The van der Waals surface area contributed by atoms with Gasteiger partial charge in [0.15, 0.2) is 0 Å². The third kappa shape index (κ3) is 2.86. The van der Waals surface area contributed by atoms with E-state index >= 15 is 0 Å². The van der Waals surface area contributed by atoms with Crippen LogP contribution in [0.5, 0.6) is 0 Å². The average Bonchev–Trinajstić information content (AvgIpc) is 2.41. The van der Waals surface area contributed by atoms with E-state index in [1.165, 1.54) is 22.6 Å². The number of hydrazine groups is 1.